The molecule has 4 nitrogen and oxygen atoms in total. The summed E-state index contributed by atoms with van der Waals surface area (Å²) in [5, 5.41) is 3.37. The molecule has 0 aliphatic heterocycles. The highest BCUT2D eigenvalue weighted by Crippen LogP contribution is 2.16. The summed E-state index contributed by atoms with van der Waals surface area (Å²) in [5.74, 6) is 2.07. The molecule has 0 aromatic carbocycles. The van der Waals surface area contributed by atoms with E-state index in [0.717, 1.165) is 18.0 Å². The molecule has 0 aliphatic carbocycles. The summed E-state index contributed by atoms with van der Waals surface area (Å²) in [5.41, 5.74) is 0.924. The van der Waals surface area contributed by atoms with Crippen LogP contribution in [0.25, 0.3) is 0 Å². The molecule has 1 N–H and O–H groups in total. The van der Waals surface area contributed by atoms with E-state index in [9.17, 15) is 0 Å². The molecule has 0 saturated heterocycles. The van der Waals surface area contributed by atoms with Crippen molar-refractivity contribution in [1.82, 2.24) is 9.97 Å². The Morgan fingerprint density at radius 1 is 1.10 bits per heavy atom. The maximum absolute atomic E-state index is 5.64. The molecule has 0 aliphatic rings. The van der Waals surface area contributed by atoms with Crippen molar-refractivity contribution in [3.63, 3.8) is 0 Å². The van der Waals surface area contributed by atoms with Crippen LogP contribution < -0.4 is 10.1 Å². The van der Waals surface area contributed by atoms with Gasteiger partial charge >= 0.3 is 0 Å². The molecule has 0 amide bonds. The van der Waals surface area contributed by atoms with Gasteiger partial charge in [-0.25, -0.2) is 4.98 Å². The highest BCUT2D eigenvalue weighted by Gasteiger charge is 2.08. The largest absolute Gasteiger partial charge is 0.475 e. The van der Waals surface area contributed by atoms with Crippen molar-refractivity contribution in [2.24, 2.45) is 5.92 Å². The molecule has 114 valence electrons. The molecule has 0 fully saturated rings. The van der Waals surface area contributed by atoms with Gasteiger partial charge in [-0.1, -0.05) is 26.7 Å². The van der Waals surface area contributed by atoms with Crippen molar-refractivity contribution in [2.75, 3.05) is 5.32 Å². The minimum absolute atomic E-state index is 0.126. The van der Waals surface area contributed by atoms with Crippen LogP contribution in [0.2, 0.25) is 0 Å². The first-order valence-electron chi connectivity index (χ1n) is 7.65. The van der Waals surface area contributed by atoms with Gasteiger partial charge in [-0.2, -0.15) is 4.98 Å². The van der Waals surface area contributed by atoms with E-state index < -0.39 is 0 Å². The summed E-state index contributed by atoms with van der Waals surface area (Å²) >= 11 is 0. The number of hydrogen-bond donors (Lipinski definition) is 1. The molecular weight excluding hydrogens is 250 g/mol. The zero-order valence-corrected chi connectivity index (χ0v) is 13.7. The van der Waals surface area contributed by atoms with Gasteiger partial charge in [0.25, 0.3) is 0 Å². The Bertz CT molecular complexity index is 405. The summed E-state index contributed by atoms with van der Waals surface area (Å²) < 4.78 is 5.64. The minimum Gasteiger partial charge on any atom is -0.475 e. The summed E-state index contributed by atoms with van der Waals surface area (Å²) in [4.78, 5) is 8.83. The van der Waals surface area contributed by atoms with Gasteiger partial charge in [-0.05, 0) is 40.0 Å². The van der Waals surface area contributed by atoms with Crippen LogP contribution in [-0.2, 0) is 0 Å². The molecule has 1 heterocycles. The number of aromatic nitrogens is 2. The van der Waals surface area contributed by atoms with Crippen LogP contribution in [0.5, 0.6) is 5.88 Å². The van der Waals surface area contributed by atoms with Crippen molar-refractivity contribution in [2.45, 2.75) is 73.0 Å². The lowest BCUT2D eigenvalue weighted by Gasteiger charge is -2.16. The minimum atomic E-state index is 0.126. The third-order valence-corrected chi connectivity index (χ3v) is 2.98. The van der Waals surface area contributed by atoms with Crippen LogP contribution in [0.15, 0.2) is 6.07 Å². The number of rotatable bonds is 8. The normalized spacial score (nSPS) is 12.8. The van der Waals surface area contributed by atoms with Gasteiger partial charge in [0.15, 0.2) is 0 Å². The lowest BCUT2D eigenvalue weighted by molar-refractivity contribution is 0.232. The lowest BCUT2D eigenvalue weighted by atomic mass is 10.0. The van der Waals surface area contributed by atoms with Gasteiger partial charge in [0.05, 0.1) is 6.10 Å². The summed E-state index contributed by atoms with van der Waals surface area (Å²) in [7, 11) is 0. The van der Waals surface area contributed by atoms with Crippen LogP contribution in [0.3, 0.4) is 0 Å². The second kappa shape index (κ2) is 8.08. The van der Waals surface area contributed by atoms with E-state index in [1.54, 1.807) is 0 Å². The zero-order valence-electron chi connectivity index (χ0n) is 13.7. The monoisotopic (exact) mass is 279 g/mol. The van der Waals surface area contributed by atoms with Gasteiger partial charge in [0.1, 0.15) is 0 Å². The molecule has 0 radical (unpaired) electrons. The molecule has 4 heteroatoms. The van der Waals surface area contributed by atoms with E-state index in [4.69, 9.17) is 4.74 Å². The highest BCUT2D eigenvalue weighted by atomic mass is 16.5. The molecule has 0 spiro atoms. The number of ether oxygens (including phenoxy) is 1. The fraction of sp³-hybridized carbons (Fsp3) is 0.750. The average Bonchev–Trinajstić information content (AvgIpc) is 2.25. The molecule has 1 rings (SSSR count). The van der Waals surface area contributed by atoms with Crippen molar-refractivity contribution in [3.8, 4) is 5.88 Å². The number of anilines is 1. The molecule has 0 saturated carbocycles. The van der Waals surface area contributed by atoms with E-state index in [1.165, 1.54) is 12.8 Å². The number of aryl methyl sites for hydroxylation is 1. The molecule has 1 aromatic rings. The summed E-state index contributed by atoms with van der Waals surface area (Å²) in [6, 6.07) is 2.25. The molecule has 20 heavy (non-hydrogen) atoms. The maximum atomic E-state index is 5.64. The Hall–Kier alpha value is -1.32. The third-order valence-electron chi connectivity index (χ3n) is 2.98. The van der Waals surface area contributed by atoms with Crippen molar-refractivity contribution < 1.29 is 4.74 Å². The van der Waals surface area contributed by atoms with Crippen LogP contribution >= 0.6 is 0 Å². The fourth-order valence-electron chi connectivity index (χ4n) is 2.03. The summed E-state index contributed by atoms with van der Waals surface area (Å²) in [6.07, 6.45) is 3.76. The second-order valence-electron chi connectivity index (χ2n) is 6.21. The quantitative estimate of drug-likeness (QED) is 0.774. The topological polar surface area (TPSA) is 47.0 Å². The smallest absolute Gasteiger partial charge is 0.226 e. The van der Waals surface area contributed by atoms with E-state index in [0.29, 0.717) is 17.9 Å². The van der Waals surface area contributed by atoms with Crippen molar-refractivity contribution >= 4 is 5.95 Å². The van der Waals surface area contributed by atoms with E-state index in [2.05, 4.69) is 36.1 Å². The van der Waals surface area contributed by atoms with Crippen molar-refractivity contribution in [3.05, 3.63) is 11.8 Å². The van der Waals surface area contributed by atoms with E-state index in [1.807, 2.05) is 26.8 Å². The summed E-state index contributed by atoms with van der Waals surface area (Å²) in [6.45, 7) is 12.7. The van der Waals surface area contributed by atoms with Gasteiger partial charge in [0.2, 0.25) is 11.8 Å². The SMILES string of the molecule is Cc1cc(OC(C)C)nc(NC(C)CCCC(C)C)n1. The zero-order chi connectivity index (χ0) is 15.1. The number of nitrogens with zero attached hydrogens (tertiary/aromatic N) is 2. The Morgan fingerprint density at radius 3 is 2.40 bits per heavy atom. The van der Waals surface area contributed by atoms with Crippen LogP contribution in [0.4, 0.5) is 5.95 Å². The third kappa shape index (κ3) is 6.73. The lowest BCUT2D eigenvalue weighted by Crippen LogP contribution is -2.18. The standard InChI is InChI=1S/C16H29N3O/c1-11(2)8-7-9-13(5)17-16-18-14(6)10-15(19-16)20-12(3)4/h10-13H,7-9H2,1-6H3,(H,17,18,19). The first-order valence-corrected chi connectivity index (χ1v) is 7.65. The Labute approximate surface area is 123 Å². The van der Waals surface area contributed by atoms with Crippen LogP contribution in [0, 0.1) is 12.8 Å². The fourth-order valence-corrected chi connectivity index (χ4v) is 2.03. The number of hydrogen-bond acceptors (Lipinski definition) is 4. The molecule has 0 bridgehead atoms. The maximum Gasteiger partial charge on any atom is 0.226 e. The van der Waals surface area contributed by atoms with Gasteiger partial charge in [-0.15, -0.1) is 0 Å². The Balaban J connectivity index is 2.55. The van der Waals surface area contributed by atoms with Crippen LogP contribution in [-0.4, -0.2) is 22.1 Å². The first kappa shape index (κ1) is 16.7. The second-order valence-corrected chi connectivity index (χ2v) is 6.21. The van der Waals surface area contributed by atoms with E-state index in [-0.39, 0.29) is 6.10 Å². The van der Waals surface area contributed by atoms with Crippen LogP contribution in [0.1, 0.15) is 59.6 Å². The van der Waals surface area contributed by atoms with Gasteiger partial charge in [-0.3, -0.25) is 0 Å². The molecular formula is C16H29N3O. The van der Waals surface area contributed by atoms with Gasteiger partial charge < -0.3 is 10.1 Å². The Morgan fingerprint density at radius 2 is 1.80 bits per heavy atom. The average molecular weight is 279 g/mol. The predicted molar refractivity (Wildman–Crippen MR) is 84.3 cm³/mol. The highest BCUT2D eigenvalue weighted by molar-refractivity contribution is 5.31. The van der Waals surface area contributed by atoms with E-state index >= 15 is 0 Å². The van der Waals surface area contributed by atoms with Crippen molar-refractivity contribution in [1.29, 1.82) is 0 Å². The molecule has 1 unspecified atom stereocenters. The predicted octanol–water partition coefficient (Wildman–Crippen LogP) is 4.20. The number of nitrogens with one attached hydrogen (secondary N) is 1. The Kier molecular flexibility index (Phi) is 6.76. The molecule has 1 aromatic heterocycles. The molecule has 1 atom stereocenters. The first-order chi connectivity index (χ1) is 9.36. The van der Waals surface area contributed by atoms with Gasteiger partial charge in [0, 0.05) is 17.8 Å².